The molecule has 0 aromatic heterocycles. The summed E-state index contributed by atoms with van der Waals surface area (Å²) < 4.78 is 11.4. The van der Waals surface area contributed by atoms with Gasteiger partial charge in [-0.2, -0.15) is 0 Å². The molecule has 0 saturated carbocycles. The summed E-state index contributed by atoms with van der Waals surface area (Å²) in [4.78, 5) is 2.54. The molecular formula is C15H31NO2. The highest BCUT2D eigenvalue weighted by atomic mass is 16.5. The topological polar surface area (TPSA) is 21.7 Å². The maximum Gasteiger partial charge on any atom is 0.0704 e. The van der Waals surface area contributed by atoms with Gasteiger partial charge in [0.05, 0.1) is 19.3 Å². The Labute approximate surface area is 113 Å². The molecule has 1 fully saturated rings. The first-order valence-corrected chi connectivity index (χ1v) is 7.78. The molecule has 0 bridgehead atoms. The SMILES string of the molecule is CCCC(CC)OCCOCCCN1CCCC1. The van der Waals surface area contributed by atoms with Crippen LogP contribution in [-0.2, 0) is 9.47 Å². The molecule has 18 heavy (non-hydrogen) atoms. The molecule has 0 radical (unpaired) electrons. The van der Waals surface area contributed by atoms with Crippen LogP contribution in [0.2, 0.25) is 0 Å². The average molecular weight is 257 g/mol. The fourth-order valence-electron chi connectivity index (χ4n) is 2.50. The van der Waals surface area contributed by atoms with Gasteiger partial charge in [-0.3, -0.25) is 0 Å². The normalized spacial score (nSPS) is 18.3. The molecule has 1 aliphatic heterocycles. The van der Waals surface area contributed by atoms with E-state index in [1.807, 2.05) is 0 Å². The van der Waals surface area contributed by atoms with Crippen molar-refractivity contribution in [2.24, 2.45) is 0 Å². The lowest BCUT2D eigenvalue weighted by molar-refractivity contribution is -0.00154. The highest BCUT2D eigenvalue weighted by molar-refractivity contribution is 4.65. The van der Waals surface area contributed by atoms with E-state index in [1.54, 1.807) is 0 Å². The monoisotopic (exact) mass is 257 g/mol. The van der Waals surface area contributed by atoms with E-state index in [-0.39, 0.29) is 0 Å². The van der Waals surface area contributed by atoms with Gasteiger partial charge in [0.25, 0.3) is 0 Å². The maximum absolute atomic E-state index is 5.78. The van der Waals surface area contributed by atoms with Crippen LogP contribution >= 0.6 is 0 Å². The molecule has 3 heteroatoms. The van der Waals surface area contributed by atoms with Gasteiger partial charge in [0.1, 0.15) is 0 Å². The van der Waals surface area contributed by atoms with Crippen molar-refractivity contribution >= 4 is 0 Å². The zero-order chi connectivity index (χ0) is 13.1. The Kier molecular flexibility index (Phi) is 9.54. The van der Waals surface area contributed by atoms with Crippen LogP contribution in [0.5, 0.6) is 0 Å². The third-order valence-electron chi connectivity index (χ3n) is 3.61. The van der Waals surface area contributed by atoms with Crippen molar-refractivity contribution in [2.45, 2.75) is 58.5 Å². The van der Waals surface area contributed by atoms with Gasteiger partial charge in [-0.05, 0) is 45.2 Å². The van der Waals surface area contributed by atoms with Crippen molar-refractivity contribution in [3.8, 4) is 0 Å². The summed E-state index contributed by atoms with van der Waals surface area (Å²) in [6, 6.07) is 0. The quantitative estimate of drug-likeness (QED) is 0.531. The van der Waals surface area contributed by atoms with Gasteiger partial charge in [-0.1, -0.05) is 20.3 Å². The molecule has 108 valence electrons. The first-order chi connectivity index (χ1) is 8.86. The number of nitrogens with zero attached hydrogens (tertiary/aromatic N) is 1. The van der Waals surface area contributed by atoms with Crippen molar-refractivity contribution < 1.29 is 9.47 Å². The Morgan fingerprint density at radius 2 is 1.83 bits per heavy atom. The number of rotatable bonds is 11. The molecule has 0 aromatic carbocycles. The van der Waals surface area contributed by atoms with E-state index in [2.05, 4.69) is 18.7 Å². The number of hydrogen-bond acceptors (Lipinski definition) is 3. The van der Waals surface area contributed by atoms with Crippen molar-refractivity contribution in [3.63, 3.8) is 0 Å². The summed E-state index contributed by atoms with van der Waals surface area (Å²) in [7, 11) is 0. The molecule has 0 amide bonds. The Hall–Kier alpha value is -0.120. The molecular weight excluding hydrogens is 226 g/mol. The predicted molar refractivity (Wildman–Crippen MR) is 76.0 cm³/mol. The second kappa shape index (κ2) is 10.8. The fraction of sp³-hybridized carbons (Fsp3) is 1.00. The van der Waals surface area contributed by atoms with Crippen LogP contribution in [0.25, 0.3) is 0 Å². The Balaban J connectivity index is 1.82. The lowest BCUT2D eigenvalue weighted by Crippen LogP contribution is -2.22. The minimum Gasteiger partial charge on any atom is -0.379 e. The highest BCUT2D eigenvalue weighted by Crippen LogP contribution is 2.07. The highest BCUT2D eigenvalue weighted by Gasteiger charge is 2.10. The third-order valence-corrected chi connectivity index (χ3v) is 3.61. The Bertz CT molecular complexity index is 181. The van der Waals surface area contributed by atoms with Crippen LogP contribution in [0.1, 0.15) is 52.4 Å². The van der Waals surface area contributed by atoms with Gasteiger partial charge in [-0.25, -0.2) is 0 Å². The first kappa shape index (κ1) is 15.9. The average Bonchev–Trinajstić information content (AvgIpc) is 2.89. The van der Waals surface area contributed by atoms with E-state index in [0.717, 1.165) is 32.7 Å². The van der Waals surface area contributed by atoms with Crippen LogP contribution in [0.4, 0.5) is 0 Å². The van der Waals surface area contributed by atoms with Crippen molar-refractivity contribution in [1.82, 2.24) is 4.90 Å². The third kappa shape index (κ3) is 7.34. The van der Waals surface area contributed by atoms with Crippen LogP contribution < -0.4 is 0 Å². The fourth-order valence-corrected chi connectivity index (χ4v) is 2.50. The van der Waals surface area contributed by atoms with Crippen LogP contribution in [0.15, 0.2) is 0 Å². The van der Waals surface area contributed by atoms with Gasteiger partial charge in [0.2, 0.25) is 0 Å². The minimum atomic E-state index is 0.434. The molecule has 1 aliphatic rings. The second-order valence-corrected chi connectivity index (χ2v) is 5.20. The second-order valence-electron chi connectivity index (χ2n) is 5.20. The predicted octanol–water partition coefficient (Wildman–Crippen LogP) is 3.08. The summed E-state index contributed by atoms with van der Waals surface area (Å²) in [6.07, 6.45) is 7.84. The molecule has 0 aromatic rings. The summed E-state index contributed by atoms with van der Waals surface area (Å²) >= 11 is 0. The zero-order valence-electron chi connectivity index (χ0n) is 12.3. The summed E-state index contributed by atoms with van der Waals surface area (Å²) in [5, 5.41) is 0. The first-order valence-electron chi connectivity index (χ1n) is 7.78. The molecule has 0 aliphatic carbocycles. The van der Waals surface area contributed by atoms with Crippen LogP contribution in [-0.4, -0.2) is 50.5 Å². The maximum atomic E-state index is 5.78. The Morgan fingerprint density at radius 1 is 1.06 bits per heavy atom. The van der Waals surface area contributed by atoms with Gasteiger partial charge in [0, 0.05) is 13.2 Å². The van der Waals surface area contributed by atoms with E-state index >= 15 is 0 Å². The molecule has 0 spiro atoms. The van der Waals surface area contributed by atoms with E-state index in [1.165, 1.54) is 45.3 Å². The molecule has 1 atom stereocenters. The van der Waals surface area contributed by atoms with Gasteiger partial charge in [-0.15, -0.1) is 0 Å². The van der Waals surface area contributed by atoms with Gasteiger partial charge in [0.15, 0.2) is 0 Å². The lowest BCUT2D eigenvalue weighted by atomic mass is 10.2. The lowest BCUT2D eigenvalue weighted by Gasteiger charge is -2.16. The molecule has 1 rings (SSSR count). The van der Waals surface area contributed by atoms with Crippen molar-refractivity contribution in [1.29, 1.82) is 0 Å². The smallest absolute Gasteiger partial charge is 0.0704 e. The van der Waals surface area contributed by atoms with Crippen molar-refractivity contribution in [3.05, 3.63) is 0 Å². The van der Waals surface area contributed by atoms with Crippen LogP contribution in [0.3, 0.4) is 0 Å². The summed E-state index contributed by atoms with van der Waals surface area (Å²) in [5.74, 6) is 0. The molecule has 1 unspecified atom stereocenters. The van der Waals surface area contributed by atoms with Gasteiger partial charge < -0.3 is 14.4 Å². The van der Waals surface area contributed by atoms with E-state index in [9.17, 15) is 0 Å². The summed E-state index contributed by atoms with van der Waals surface area (Å²) in [5.41, 5.74) is 0. The van der Waals surface area contributed by atoms with E-state index in [4.69, 9.17) is 9.47 Å². The standard InChI is InChI=1S/C15H31NO2/c1-3-8-15(4-2)18-14-13-17-12-7-11-16-9-5-6-10-16/h15H,3-14H2,1-2H3. The molecule has 1 heterocycles. The molecule has 0 N–H and O–H groups in total. The minimum absolute atomic E-state index is 0.434. The molecule has 1 saturated heterocycles. The summed E-state index contributed by atoms with van der Waals surface area (Å²) in [6.45, 7) is 10.6. The van der Waals surface area contributed by atoms with Crippen LogP contribution in [0, 0.1) is 0 Å². The number of ether oxygens (including phenoxy) is 2. The van der Waals surface area contributed by atoms with E-state index in [0.29, 0.717) is 6.10 Å². The van der Waals surface area contributed by atoms with Gasteiger partial charge >= 0.3 is 0 Å². The number of hydrogen-bond donors (Lipinski definition) is 0. The van der Waals surface area contributed by atoms with E-state index < -0.39 is 0 Å². The largest absolute Gasteiger partial charge is 0.379 e. The molecule has 3 nitrogen and oxygen atoms in total. The van der Waals surface area contributed by atoms with Crippen molar-refractivity contribution in [2.75, 3.05) is 39.5 Å². The Morgan fingerprint density at radius 3 is 2.50 bits per heavy atom. The zero-order valence-corrected chi connectivity index (χ0v) is 12.3. The number of likely N-dealkylation sites (tertiary alicyclic amines) is 1.